The Kier molecular flexibility index (Phi) is 4.97. The van der Waals surface area contributed by atoms with Crippen molar-refractivity contribution in [2.75, 3.05) is 6.54 Å². The van der Waals surface area contributed by atoms with Gasteiger partial charge in [0.2, 0.25) is 11.8 Å². The van der Waals surface area contributed by atoms with Crippen molar-refractivity contribution < 1.29 is 9.59 Å². The monoisotopic (exact) mass is 240 g/mol. The van der Waals surface area contributed by atoms with Crippen LogP contribution in [0, 0.1) is 5.92 Å². The molecule has 2 unspecified atom stereocenters. The van der Waals surface area contributed by atoms with E-state index in [0.29, 0.717) is 12.3 Å². The highest BCUT2D eigenvalue weighted by atomic mass is 16.2. The van der Waals surface area contributed by atoms with Crippen molar-refractivity contribution in [1.82, 2.24) is 10.2 Å². The molecule has 1 aliphatic heterocycles. The second-order valence-electron chi connectivity index (χ2n) is 5.35. The first kappa shape index (κ1) is 14.0. The van der Waals surface area contributed by atoms with E-state index in [0.717, 1.165) is 19.4 Å². The van der Waals surface area contributed by atoms with Gasteiger partial charge in [0.25, 0.3) is 0 Å². The van der Waals surface area contributed by atoms with Crippen LogP contribution in [-0.2, 0) is 9.59 Å². The van der Waals surface area contributed by atoms with Crippen LogP contribution in [0.3, 0.4) is 0 Å². The number of nitrogens with one attached hydrogen (secondary N) is 1. The molecule has 0 aliphatic carbocycles. The first-order valence-electron chi connectivity index (χ1n) is 6.55. The molecule has 1 aliphatic rings. The Morgan fingerprint density at radius 1 is 1.41 bits per heavy atom. The van der Waals surface area contributed by atoms with Crippen molar-refractivity contribution in [3.8, 4) is 0 Å². The summed E-state index contributed by atoms with van der Waals surface area (Å²) in [6.45, 7) is 8.90. The van der Waals surface area contributed by atoms with Crippen LogP contribution in [-0.4, -0.2) is 35.3 Å². The van der Waals surface area contributed by atoms with Gasteiger partial charge in [-0.2, -0.15) is 0 Å². The fourth-order valence-corrected chi connectivity index (χ4v) is 2.26. The summed E-state index contributed by atoms with van der Waals surface area (Å²) in [7, 11) is 0. The number of carbonyl (C=O) groups is 2. The maximum atomic E-state index is 12.3. The van der Waals surface area contributed by atoms with E-state index in [1.54, 1.807) is 0 Å². The van der Waals surface area contributed by atoms with E-state index < -0.39 is 0 Å². The zero-order valence-electron chi connectivity index (χ0n) is 11.3. The number of hydrogen-bond donors (Lipinski definition) is 1. The summed E-state index contributed by atoms with van der Waals surface area (Å²) in [6, 6.07) is -0.317. The van der Waals surface area contributed by atoms with Crippen LogP contribution in [0.4, 0.5) is 0 Å². The molecule has 0 saturated carbocycles. The second-order valence-corrected chi connectivity index (χ2v) is 5.35. The van der Waals surface area contributed by atoms with Gasteiger partial charge < -0.3 is 10.2 Å². The lowest BCUT2D eigenvalue weighted by Gasteiger charge is -2.30. The molecule has 1 heterocycles. The van der Waals surface area contributed by atoms with Crippen molar-refractivity contribution >= 4 is 11.8 Å². The van der Waals surface area contributed by atoms with Crippen LogP contribution < -0.4 is 5.32 Å². The average molecular weight is 240 g/mol. The summed E-state index contributed by atoms with van der Waals surface area (Å²) >= 11 is 0. The minimum absolute atomic E-state index is 0.00411. The highest BCUT2D eigenvalue weighted by Crippen LogP contribution is 2.15. The van der Waals surface area contributed by atoms with Crippen molar-refractivity contribution in [2.24, 2.45) is 5.92 Å². The van der Waals surface area contributed by atoms with E-state index in [-0.39, 0.29) is 23.9 Å². The van der Waals surface area contributed by atoms with Crippen LogP contribution in [0.15, 0.2) is 0 Å². The number of amides is 2. The molecule has 1 saturated heterocycles. The molecule has 98 valence electrons. The topological polar surface area (TPSA) is 49.4 Å². The van der Waals surface area contributed by atoms with Gasteiger partial charge in [0.05, 0.1) is 0 Å². The van der Waals surface area contributed by atoms with Crippen molar-refractivity contribution in [3.63, 3.8) is 0 Å². The van der Waals surface area contributed by atoms with Gasteiger partial charge >= 0.3 is 0 Å². The Bertz CT molecular complexity index is 289. The largest absolute Gasteiger partial charge is 0.344 e. The van der Waals surface area contributed by atoms with Gasteiger partial charge in [-0.05, 0) is 19.3 Å². The van der Waals surface area contributed by atoms with Gasteiger partial charge in [-0.15, -0.1) is 0 Å². The highest BCUT2D eigenvalue weighted by Gasteiger charge is 2.33. The molecule has 0 aromatic carbocycles. The molecule has 17 heavy (non-hydrogen) atoms. The predicted molar refractivity (Wildman–Crippen MR) is 67.5 cm³/mol. The first-order valence-corrected chi connectivity index (χ1v) is 6.55. The summed E-state index contributed by atoms with van der Waals surface area (Å²) in [6.07, 6.45) is 2.05. The molecule has 2 amide bonds. The highest BCUT2D eigenvalue weighted by molar-refractivity contribution is 5.90. The third-order valence-electron chi connectivity index (χ3n) is 3.07. The third-order valence-corrected chi connectivity index (χ3v) is 3.07. The van der Waals surface area contributed by atoms with Gasteiger partial charge in [0.15, 0.2) is 0 Å². The standard InChI is InChI=1S/C13H24N2O2/c1-5-6-11-13(17)15(8-9(2)3)10(4)7-12(16)14-11/h9-11H,5-8H2,1-4H3,(H,14,16). The third kappa shape index (κ3) is 3.72. The summed E-state index contributed by atoms with van der Waals surface area (Å²) in [5.41, 5.74) is 0. The summed E-state index contributed by atoms with van der Waals surface area (Å²) in [5.74, 6) is 0.506. The lowest BCUT2D eigenvalue weighted by Crippen LogP contribution is -2.47. The lowest BCUT2D eigenvalue weighted by molar-refractivity contribution is -0.135. The smallest absolute Gasteiger partial charge is 0.245 e. The van der Waals surface area contributed by atoms with E-state index in [2.05, 4.69) is 19.2 Å². The minimum atomic E-state index is -0.323. The van der Waals surface area contributed by atoms with Gasteiger partial charge in [0, 0.05) is 19.0 Å². The van der Waals surface area contributed by atoms with Gasteiger partial charge in [-0.3, -0.25) is 9.59 Å². The molecular formula is C13H24N2O2. The van der Waals surface area contributed by atoms with E-state index >= 15 is 0 Å². The second kappa shape index (κ2) is 6.03. The first-order chi connectivity index (χ1) is 7.95. The fraction of sp³-hybridized carbons (Fsp3) is 0.846. The Morgan fingerprint density at radius 2 is 2.06 bits per heavy atom. The predicted octanol–water partition coefficient (Wildman–Crippen LogP) is 1.55. The molecule has 1 N–H and O–H groups in total. The van der Waals surface area contributed by atoms with Gasteiger partial charge in [-0.25, -0.2) is 0 Å². The Labute approximate surface area is 104 Å². The van der Waals surface area contributed by atoms with Crippen LogP contribution >= 0.6 is 0 Å². The summed E-state index contributed by atoms with van der Waals surface area (Å²) < 4.78 is 0. The minimum Gasteiger partial charge on any atom is -0.344 e. The van der Waals surface area contributed by atoms with Crippen LogP contribution in [0.25, 0.3) is 0 Å². The maximum Gasteiger partial charge on any atom is 0.245 e. The van der Waals surface area contributed by atoms with Crippen LogP contribution in [0.2, 0.25) is 0 Å². The Balaban J connectivity index is 2.84. The molecule has 4 heteroatoms. The normalized spacial score (nSPS) is 26.1. The SMILES string of the molecule is CCCC1NC(=O)CC(C)N(CC(C)C)C1=O. The zero-order valence-corrected chi connectivity index (χ0v) is 11.3. The molecule has 0 aromatic rings. The van der Waals surface area contributed by atoms with E-state index in [1.807, 2.05) is 18.7 Å². The van der Waals surface area contributed by atoms with Crippen LogP contribution in [0.1, 0.15) is 47.0 Å². The number of carbonyl (C=O) groups excluding carboxylic acids is 2. The Morgan fingerprint density at radius 3 is 2.59 bits per heavy atom. The maximum absolute atomic E-state index is 12.3. The van der Waals surface area contributed by atoms with Gasteiger partial charge in [-0.1, -0.05) is 27.2 Å². The molecule has 0 spiro atoms. The fourth-order valence-electron chi connectivity index (χ4n) is 2.26. The molecule has 2 atom stereocenters. The molecule has 1 rings (SSSR count). The molecule has 4 nitrogen and oxygen atoms in total. The number of hydrogen-bond acceptors (Lipinski definition) is 2. The molecular weight excluding hydrogens is 216 g/mol. The number of nitrogens with zero attached hydrogens (tertiary/aromatic N) is 1. The molecule has 0 aromatic heterocycles. The van der Waals surface area contributed by atoms with E-state index in [4.69, 9.17) is 0 Å². The summed E-state index contributed by atoms with van der Waals surface area (Å²) in [5, 5.41) is 2.83. The molecule has 0 radical (unpaired) electrons. The Hall–Kier alpha value is -1.06. The number of rotatable bonds is 4. The van der Waals surface area contributed by atoms with E-state index in [1.165, 1.54) is 0 Å². The zero-order chi connectivity index (χ0) is 13.0. The van der Waals surface area contributed by atoms with Crippen LogP contribution in [0.5, 0.6) is 0 Å². The van der Waals surface area contributed by atoms with Crippen molar-refractivity contribution in [3.05, 3.63) is 0 Å². The van der Waals surface area contributed by atoms with Crippen molar-refractivity contribution in [2.45, 2.75) is 59.0 Å². The molecule has 0 bridgehead atoms. The quantitative estimate of drug-likeness (QED) is 0.810. The van der Waals surface area contributed by atoms with Gasteiger partial charge in [0.1, 0.15) is 6.04 Å². The van der Waals surface area contributed by atoms with Crippen molar-refractivity contribution in [1.29, 1.82) is 0 Å². The molecule has 1 fully saturated rings. The average Bonchev–Trinajstić information content (AvgIpc) is 2.31. The lowest BCUT2D eigenvalue weighted by atomic mass is 10.1. The van der Waals surface area contributed by atoms with E-state index in [9.17, 15) is 9.59 Å². The summed E-state index contributed by atoms with van der Waals surface area (Å²) in [4.78, 5) is 25.9.